The van der Waals surface area contributed by atoms with E-state index in [2.05, 4.69) is 30.7 Å². The number of halogens is 2. The van der Waals surface area contributed by atoms with Crippen LogP contribution in [0.15, 0.2) is 24.7 Å². The number of amides is 1. The van der Waals surface area contributed by atoms with E-state index in [1.54, 1.807) is 6.20 Å². The van der Waals surface area contributed by atoms with Gasteiger partial charge in [-0.05, 0) is 18.9 Å². The van der Waals surface area contributed by atoms with E-state index in [9.17, 15) is 13.6 Å². The molecular weight excluding hydrogens is 382 g/mol. The highest BCUT2D eigenvalue weighted by molar-refractivity contribution is 6.08. The van der Waals surface area contributed by atoms with Crippen LogP contribution in [0.25, 0.3) is 5.65 Å². The van der Waals surface area contributed by atoms with Gasteiger partial charge in [0.1, 0.15) is 11.4 Å². The fourth-order valence-electron chi connectivity index (χ4n) is 4.12. The van der Waals surface area contributed by atoms with Gasteiger partial charge < -0.3 is 15.5 Å². The minimum absolute atomic E-state index is 0.0255. The van der Waals surface area contributed by atoms with Crippen LogP contribution in [-0.4, -0.2) is 55.5 Å². The van der Waals surface area contributed by atoms with Crippen molar-refractivity contribution in [1.82, 2.24) is 29.7 Å². The Morgan fingerprint density at radius 3 is 2.93 bits per heavy atom. The van der Waals surface area contributed by atoms with Gasteiger partial charge >= 0.3 is 0 Å². The molecule has 6 rings (SSSR count). The molecule has 3 aliphatic heterocycles. The van der Waals surface area contributed by atoms with E-state index in [1.807, 2.05) is 6.07 Å². The zero-order chi connectivity index (χ0) is 20.1. The van der Waals surface area contributed by atoms with Crippen LogP contribution in [0.4, 0.5) is 20.3 Å². The molecule has 152 valence electrons. The van der Waals surface area contributed by atoms with E-state index in [4.69, 9.17) is 0 Å². The number of piperidine rings is 2. The van der Waals surface area contributed by atoms with Crippen LogP contribution in [0.1, 0.15) is 35.3 Å². The topological polar surface area (TPSA) is 92.4 Å². The first kappa shape index (κ1) is 18.0. The fraction of sp³-hybridized carbons (Fsp3) is 0.444. The molecule has 0 unspecified atom stereocenters. The standard InChI is InChI=1S/C18H20F2N8O/c1-26-9-13(15(25-26)16(19)20)23-18(29)12-7-22-28-5-4-14(24-17(12)28)27-8-10-2-3-11(27)6-21-10/h4-5,7,9-11,16,21H,2-3,6,8H2,1H3,(H,23,29)/t10-,11-/m1/s1. The molecule has 3 saturated heterocycles. The molecule has 29 heavy (non-hydrogen) atoms. The average Bonchev–Trinajstić information content (AvgIpc) is 3.31. The number of alkyl halides is 2. The van der Waals surface area contributed by atoms with Gasteiger partial charge in [-0.1, -0.05) is 0 Å². The third-order valence-electron chi connectivity index (χ3n) is 5.55. The molecule has 11 heteroatoms. The highest BCUT2D eigenvalue weighted by Gasteiger charge is 2.34. The molecule has 1 amide bonds. The van der Waals surface area contributed by atoms with E-state index in [0.717, 1.165) is 31.7 Å². The molecule has 2 atom stereocenters. The molecule has 2 N–H and O–H groups in total. The van der Waals surface area contributed by atoms with Crippen molar-refractivity contribution in [3.05, 3.63) is 35.9 Å². The predicted octanol–water partition coefficient (Wildman–Crippen LogP) is 1.59. The number of hydrogen-bond acceptors (Lipinski definition) is 6. The first-order valence-electron chi connectivity index (χ1n) is 9.47. The maximum atomic E-state index is 13.2. The summed E-state index contributed by atoms with van der Waals surface area (Å²) in [6.45, 7) is 1.79. The Labute approximate surface area is 164 Å². The molecule has 0 aromatic carbocycles. The quantitative estimate of drug-likeness (QED) is 0.689. The summed E-state index contributed by atoms with van der Waals surface area (Å²) in [6, 6.07) is 2.71. The summed E-state index contributed by atoms with van der Waals surface area (Å²) in [7, 11) is 1.52. The van der Waals surface area contributed by atoms with Gasteiger partial charge in [-0.3, -0.25) is 9.48 Å². The third kappa shape index (κ3) is 3.11. The highest BCUT2D eigenvalue weighted by atomic mass is 19.3. The van der Waals surface area contributed by atoms with Crippen LogP contribution in [0.2, 0.25) is 0 Å². The van der Waals surface area contributed by atoms with Gasteiger partial charge in [-0.15, -0.1) is 0 Å². The van der Waals surface area contributed by atoms with Crippen LogP contribution in [0, 0.1) is 0 Å². The second-order valence-corrected chi connectivity index (χ2v) is 7.46. The van der Waals surface area contributed by atoms with E-state index in [0.29, 0.717) is 17.7 Å². The Hall–Kier alpha value is -3.08. The smallest absolute Gasteiger partial charge is 0.284 e. The van der Waals surface area contributed by atoms with E-state index in [-0.39, 0.29) is 11.3 Å². The van der Waals surface area contributed by atoms with Gasteiger partial charge in [0.2, 0.25) is 0 Å². The Kier molecular flexibility index (Phi) is 4.19. The van der Waals surface area contributed by atoms with Crippen LogP contribution in [-0.2, 0) is 7.05 Å². The second kappa shape index (κ2) is 6.76. The lowest BCUT2D eigenvalue weighted by Gasteiger charge is -2.46. The number of hydrogen-bond donors (Lipinski definition) is 2. The van der Waals surface area contributed by atoms with Gasteiger partial charge in [0.05, 0.1) is 11.9 Å². The van der Waals surface area contributed by atoms with Crippen molar-refractivity contribution < 1.29 is 13.6 Å². The maximum absolute atomic E-state index is 13.2. The molecule has 3 fully saturated rings. The molecular formula is C18H20F2N8O. The molecule has 3 aromatic heterocycles. The van der Waals surface area contributed by atoms with Crippen molar-refractivity contribution in [2.24, 2.45) is 7.05 Å². The maximum Gasteiger partial charge on any atom is 0.284 e. The summed E-state index contributed by atoms with van der Waals surface area (Å²) in [5, 5.41) is 13.9. The number of carbonyl (C=O) groups is 1. The molecule has 9 nitrogen and oxygen atoms in total. The van der Waals surface area contributed by atoms with Crippen molar-refractivity contribution in [2.45, 2.75) is 31.4 Å². The minimum atomic E-state index is -2.79. The van der Waals surface area contributed by atoms with Crippen molar-refractivity contribution in [2.75, 3.05) is 23.3 Å². The van der Waals surface area contributed by atoms with Crippen LogP contribution >= 0.6 is 0 Å². The number of nitrogens with one attached hydrogen (secondary N) is 2. The highest BCUT2D eigenvalue weighted by Crippen LogP contribution is 2.28. The normalized spacial score (nSPS) is 21.3. The van der Waals surface area contributed by atoms with Gasteiger partial charge in [-0.2, -0.15) is 10.2 Å². The number of aromatic nitrogens is 5. The van der Waals surface area contributed by atoms with Crippen LogP contribution in [0.3, 0.4) is 0 Å². The molecule has 2 bridgehead atoms. The van der Waals surface area contributed by atoms with E-state index >= 15 is 0 Å². The predicted molar refractivity (Wildman–Crippen MR) is 101 cm³/mol. The lowest BCUT2D eigenvalue weighted by molar-refractivity contribution is 0.102. The van der Waals surface area contributed by atoms with Crippen molar-refractivity contribution in [1.29, 1.82) is 0 Å². The largest absolute Gasteiger partial charge is 0.351 e. The summed E-state index contributed by atoms with van der Waals surface area (Å²) in [5.74, 6) is 0.235. The monoisotopic (exact) mass is 402 g/mol. The van der Waals surface area contributed by atoms with Crippen molar-refractivity contribution in [3.8, 4) is 0 Å². The molecule has 3 aromatic rings. The third-order valence-corrected chi connectivity index (χ3v) is 5.55. The van der Waals surface area contributed by atoms with Gasteiger partial charge in [0.15, 0.2) is 11.3 Å². The molecule has 0 saturated carbocycles. The SMILES string of the molecule is Cn1cc(NC(=O)c2cnn3ccc(N4C[C@H]5CC[C@@H]4CN5)nc23)c(C(F)F)n1. The number of anilines is 2. The summed E-state index contributed by atoms with van der Waals surface area (Å²) in [6.07, 6.45) is 3.98. The number of fused-ring (bicyclic) bond motifs is 4. The summed E-state index contributed by atoms with van der Waals surface area (Å²) in [5.41, 5.74) is 0.110. The minimum Gasteiger partial charge on any atom is -0.351 e. The lowest BCUT2D eigenvalue weighted by atomic mass is 9.93. The number of rotatable bonds is 4. The Morgan fingerprint density at radius 1 is 1.38 bits per heavy atom. The summed E-state index contributed by atoms with van der Waals surface area (Å²) < 4.78 is 29.1. The first-order valence-corrected chi connectivity index (χ1v) is 9.47. The van der Waals surface area contributed by atoms with Crippen molar-refractivity contribution >= 4 is 23.1 Å². The number of aryl methyl sites for hydroxylation is 1. The zero-order valence-corrected chi connectivity index (χ0v) is 15.7. The lowest BCUT2D eigenvalue weighted by Crippen LogP contribution is -2.61. The number of nitrogens with zero attached hydrogens (tertiary/aromatic N) is 6. The Bertz CT molecular complexity index is 1070. The molecule has 3 aliphatic rings. The van der Waals surface area contributed by atoms with Gasteiger partial charge in [-0.25, -0.2) is 18.3 Å². The van der Waals surface area contributed by atoms with Crippen molar-refractivity contribution in [3.63, 3.8) is 0 Å². The molecule has 0 spiro atoms. The van der Waals surface area contributed by atoms with Crippen LogP contribution < -0.4 is 15.5 Å². The second-order valence-electron chi connectivity index (χ2n) is 7.46. The summed E-state index contributed by atoms with van der Waals surface area (Å²) >= 11 is 0. The Morgan fingerprint density at radius 2 is 2.24 bits per heavy atom. The number of carbonyl (C=O) groups excluding carboxylic acids is 1. The van der Waals surface area contributed by atoms with Gasteiger partial charge in [0.25, 0.3) is 12.3 Å². The first-order chi connectivity index (χ1) is 14.0. The van der Waals surface area contributed by atoms with Gasteiger partial charge in [0, 0.05) is 44.6 Å². The van der Waals surface area contributed by atoms with E-state index < -0.39 is 18.0 Å². The van der Waals surface area contributed by atoms with Crippen LogP contribution in [0.5, 0.6) is 0 Å². The average molecular weight is 402 g/mol. The molecule has 0 aliphatic carbocycles. The molecule has 0 radical (unpaired) electrons. The zero-order valence-electron chi connectivity index (χ0n) is 15.7. The number of piperazine rings is 1. The summed E-state index contributed by atoms with van der Waals surface area (Å²) in [4.78, 5) is 19.7. The van der Waals surface area contributed by atoms with E-state index in [1.165, 1.54) is 28.6 Å². The fourth-order valence-corrected chi connectivity index (χ4v) is 4.12. The molecule has 6 heterocycles. The Balaban J connectivity index is 1.45.